The lowest BCUT2D eigenvalue weighted by Gasteiger charge is -2.24. The summed E-state index contributed by atoms with van der Waals surface area (Å²) in [6.45, 7) is 0. The van der Waals surface area contributed by atoms with Gasteiger partial charge < -0.3 is 25.4 Å². The fraction of sp³-hybridized carbons (Fsp3) is 0.182. The minimum absolute atomic E-state index is 0.0178. The van der Waals surface area contributed by atoms with E-state index in [0.717, 1.165) is 0 Å². The van der Waals surface area contributed by atoms with Crippen LogP contribution in [0.4, 0.5) is 23.1 Å². The number of aromatic amines is 1. The summed E-state index contributed by atoms with van der Waals surface area (Å²) in [6.07, 6.45) is -0.211. The van der Waals surface area contributed by atoms with E-state index in [1.54, 1.807) is 43.5 Å². The van der Waals surface area contributed by atoms with Gasteiger partial charge in [-0.3, -0.25) is 19.4 Å². The third-order valence-corrected chi connectivity index (χ3v) is 5.27. The number of anilines is 4. The minimum Gasteiger partial charge on any atom is -0.497 e. The summed E-state index contributed by atoms with van der Waals surface area (Å²) in [7, 11) is 3.01. The lowest BCUT2D eigenvalue weighted by molar-refractivity contribution is -0.123. The smallest absolute Gasteiger partial charge is 0.258 e. The number of rotatable bonds is 6. The quantitative estimate of drug-likeness (QED) is 0.435. The van der Waals surface area contributed by atoms with E-state index in [4.69, 9.17) is 21.1 Å². The molecule has 1 aliphatic rings. The van der Waals surface area contributed by atoms with Crippen LogP contribution in [-0.4, -0.2) is 36.0 Å². The Kier molecular flexibility index (Phi) is 6.18. The Morgan fingerprint density at radius 1 is 1.12 bits per heavy atom. The zero-order valence-electron chi connectivity index (χ0n) is 17.7. The molecule has 0 bridgehead atoms. The SMILES string of the molecule is COc1ccc(Nc2nc3c(c(=O)[nH]2)C(C(=O)Nc2cc(Cl)ccc2OC)CC(=O)N3)cc1. The van der Waals surface area contributed by atoms with Crippen molar-refractivity contribution in [1.29, 1.82) is 0 Å². The summed E-state index contributed by atoms with van der Waals surface area (Å²) in [5, 5.41) is 8.61. The average Bonchev–Trinajstić information content (AvgIpc) is 2.79. The molecule has 0 fully saturated rings. The number of methoxy groups -OCH3 is 2. The number of halogens is 1. The lowest BCUT2D eigenvalue weighted by atomic mass is 9.92. The normalized spacial score (nSPS) is 14.6. The number of nitrogens with one attached hydrogen (secondary N) is 4. The third-order valence-electron chi connectivity index (χ3n) is 5.04. The zero-order valence-corrected chi connectivity index (χ0v) is 18.4. The summed E-state index contributed by atoms with van der Waals surface area (Å²) in [5.74, 6) is -0.858. The fourth-order valence-electron chi connectivity index (χ4n) is 3.46. The summed E-state index contributed by atoms with van der Waals surface area (Å²) in [4.78, 5) is 45.2. The highest BCUT2D eigenvalue weighted by Crippen LogP contribution is 2.33. The van der Waals surface area contributed by atoms with Gasteiger partial charge in [0.25, 0.3) is 5.56 Å². The molecule has 4 rings (SSSR count). The van der Waals surface area contributed by atoms with Gasteiger partial charge in [-0.15, -0.1) is 0 Å². The number of H-pyrrole nitrogens is 1. The Morgan fingerprint density at radius 2 is 1.88 bits per heavy atom. The summed E-state index contributed by atoms with van der Waals surface area (Å²) in [5.41, 5.74) is 0.482. The van der Waals surface area contributed by atoms with Gasteiger partial charge in [0.15, 0.2) is 0 Å². The molecule has 1 aromatic heterocycles. The molecule has 3 aromatic rings. The molecule has 2 amide bonds. The number of carbonyl (C=O) groups excluding carboxylic acids is 2. The van der Waals surface area contributed by atoms with Crippen molar-refractivity contribution in [3.8, 4) is 11.5 Å². The van der Waals surface area contributed by atoms with Crippen LogP contribution in [0, 0.1) is 0 Å². The molecule has 10 nitrogen and oxygen atoms in total. The van der Waals surface area contributed by atoms with Crippen molar-refractivity contribution in [3.63, 3.8) is 0 Å². The van der Waals surface area contributed by atoms with Gasteiger partial charge in [-0.1, -0.05) is 11.6 Å². The van der Waals surface area contributed by atoms with Crippen LogP contribution in [-0.2, 0) is 9.59 Å². The van der Waals surface area contributed by atoms with Gasteiger partial charge in [-0.2, -0.15) is 4.98 Å². The highest BCUT2D eigenvalue weighted by molar-refractivity contribution is 6.31. The van der Waals surface area contributed by atoms with Crippen LogP contribution >= 0.6 is 11.6 Å². The molecule has 11 heteroatoms. The lowest BCUT2D eigenvalue weighted by Crippen LogP contribution is -2.36. The van der Waals surface area contributed by atoms with Crippen LogP contribution in [0.5, 0.6) is 11.5 Å². The van der Waals surface area contributed by atoms with Crippen LogP contribution < -0.4 is 31.0 Å². The first-order valence-electron chi connectivity index (χ1n) is 9.87. The van der Waals surface area contributed by atoms with Crippen LogP contribution in [0.3, 0.4) is 0 Å². The number of fused-ring (bicyclic) bond motifs is 1. The van der Waals surface area contributed by atoms with Gasteiger partial charge in [-0.25, -0.2) is 0 Å². The van der Waals surface area contributed by atoms with E-state index in [2.05, 4.69) is 25.9 Å². The maximum Gasteiger partial charge on any atom is 0.258 e. The molecular weight excluding hydrogens is 450 g/mol. The van der Waals surface area contributed by atoms with Crippen molar-refractivity contribution < 1.29 is 19.1 Å². The third kappa shape index (κ3) is 4.75. The van der Waals surface area contributed by atoms with E-state index in [1.807, 2.05) is 0 Å². The highest BCUT2D eigenvalue weighted by atomic mass is 35.5. The molecule has 0 radical (unpaired) electrons. The van der Waals surface area contributed by atoms with Gasteiger partial charge in [0, 0.05) is 17.1 Å². The first kappa shape index (κ1) is 22.2. The Balaban J connectivity index is 1.63. The molecule has 1 aliphatic heterocycles. The van der Waals surface area contributed by atoms with Crippen LogP contribution in [0.25, 0.3) is 0 Å². The van der Waals surface area contributed by atoms with Crippen molar-refractivity contribution >= 4 is 46.6 Å². The molecular formula is C22H20ClN5O5. The summed E-state index contributed by atoms with van der Waals surface area (Å²) in [6, 6.07) is 11.7. The maximum absolute atomic E-state index is 13.0. The molecule has 33 heavy (non-hydrogen) atoms. The standard InChI is InChI=1S/C22H20ClN5O5/c1-32-13-6-4-12(5-7-13)24-22-27-19-18(21(31)28-22)14(10-17(29)26-19)20(30)25-15-9-11(23)3-8-16(15)33-2/h3-9,14H,10H2,1-2H3,(H,25,30)(H3,24,26,27,28,29,31). The van der Waals surface area contributed by atoms with Gasteiger partial charge in [0.2, 0.25) is 17.8 Å². The maximum atomic E-state index is 13.0. The van der Waals surface area contributed by atoms with Gasteiger partial charge in [0.1, 0.15) is 17.3 Å². The number of nitrogens with zero attached hydrogens (tertiary/aromatic N) is 1. The number of hydrogen-bond acceptors (Lipinski definition) is 7. The number of benzene rings is 2. The summed E-state index contributed by atoms with van der Waals surface area (Å²) >= 11 is 6.02. The molecule has 2 heterocycles. The molecule has 4 N–H and O–H groups in total. The van der Waals surface area contributed by atoms with Crippen LogP contribution in [0.2, 0.25) is 5.02 Å². The molecule has 0 aliphatic carbocycles. The van der Waals surface area contributed by atoms with Crippen molar-refractivity contribution in [3.05, 3.63) is 63.4 Å². The van der Waals surface area contributed by atoms with Gasteiger partial charge in [-0.05, 0) is 42.5 Å². The molecule has 0 spiro atoms. The molecule has 1 atom stereocenters. The zero-order chi connectivity index (χ0) is 23.5. The second kappa shape index (κ2) is 9.21. The molecule has 0 saturated carbocycles. The highest BCUT2D eigenvalue weighted by Gasteiger charge is 2.35. The monoisotopic (exact) mass is 469 g/mol. The van der Waals surface area contributed by atoms with Crippen molar-refractivity contribution in [2.24, 2.45) is 0 Å². The Labute approximate surface area is 193 Å². The molecule has 2 aromatic carbocycles. The van der Waals surface area contributed by atoms with Crippen LogP contribution in [0.15, 0.2) is 47.3 Å². The Hall–Kier alpha value is -4.05. The van der Waals surface area contributed by atoms with Crippen LogP contribution in [0.1, 0.15) is 17.9 Å². The first-order chi connectivity index (χ1) is 15.9. The number of carbonyl (C=O) groups is 2. The topological polar surface area (TPSA) is 134 Å². The van der Waals surface area contributed by atoms with E-state index in [-0.39, 0.29) is 23.8 Å². The number of ether oxygens (including phenoxy) is 2. The molecule has 1 unspecified atom stereocenters. The van der Waals surface area contributed by atoms with E-state index in [9.17, 15) is 14.4 Å². The van der Waals surface area contributed by atoms with Crippen molar-refractivity contribution in [2.75, 3.05) is 30.2 Å². The summed E-state index contributed by atoms with van der Waals surface area (Å²) < 4.78 is 10.4. The van der Waals surface area contributed by atoms with Crippen molar-refractivity contribution in [1.82, 2.24) is 9.97 Å². The van der Waals surface area contributed by atoms with E-state index < -0.39 is 23.3 Å². The molecule has 170 valence electrons. The largest absolute Gasteiger partial charge is 0.497 e. The van der Waals surface area contributed by atoms with E-state index >= 15 is 0 Å². The van der Waals surface area contributed by atoms with Gasteiger partial charge in [0.05, 0.1) is 31.4 Å². The Bertz CT molecular complexity index is 1280. The number of hydrogen-bond donors (Lipinski definition) is 4. The second-order valence-electron chi connectivity index (χ2n) is 7.17. The van der Waals surface area contributed by atoms with E-state index in [1.165, 1.54) is 13.2 Å². The second-order valence-corrected chi connectivity index (χ2v) is 7.61. The number of aromatic nitrogens is 2. The number of amides is 2. The first-order valence-corrected chi connectivity index (χ1v) is 10.2. The van der Waals surface area contributed by atoms with Crippen molar-refractivity contribution in [2.45, 2.75) is 12.3 Å². The average molecular weight is 470 g/mol. The minimum atomic E-state index is -1.05. The Morgan fingerprint density at radius 3 is 2.58 bits per heavy atom. The predicted octanol–water partition coefficient (Wildman–Crippen LogP) is 3.25. The molecule has 0 saturated heterocycles. The fourth-order valence-corrected chi connectivity index (χ4v) is 3.64. The van der Waals surface area contributed by atoms with E-state index in [0.29, 0.717) is 27.9 Å². The predicted molar refractivity (Wildman–Crippen MR) is 124 cm³/mol. The van der Waals surface area contributed by atoms with Gasteiger partial charge >= 0.3 is 0 Å².